The first-order valence-corrected chi connectivity index (χ1v) is 4.06. The average molecular weight is 193 g/mol. The molecule has 0 fully saturated rings. The minimum Gasteiger partial charge on any atom is -0.380 e. The lowest BCUT2D eigenvalue weighted by atomic mass is 10.2. The molecule has 0 saturated heterocycles. The van der Waals surface area contributed by atoms with Gasteiger partial charge in [-0.05, 0) is 13.3 Å². The second-order valence-electron chi connectivity index (χ2n) is 2.17. The summed E-state index contributed by atoms with van der Waals surface area (Å²) in [6.07, 6.45) is 1.24. The van der Waals surface area contributed by atoms with E-state index in [1.54, 1.807) is 7.11 Å². The lowest BCUT2D eigenvalue weighted by Crippen LogP contribution is -2.11. The molecule has 0 aliphatic rings. The number of rotatable bonds is 4. The molecule has 0 aliphatic carbocycles. The molecule has 0 aromatic rings. The molecular formula is C7H13BrO. The fraction of sp³-hybridized carbons (Fsp3) is 0.714. The van der Waals surface area contributed by atoms with Crippen molar-refractivity contribution in [2.45, 2.75) is 19.4 Å². The average Bonchev–Trinajstić information content (AvgIpc) is 1.82. The molecule has 1 nitrogen and oxygen atoms in total. The van der Waals surface area contributed by atoms with Crippen LogP contribution in [0.25, 0.3) is 0 Å². The van der Waals surface area contributed by atoms with Crippen molar-refractivity contribution in [2.75, 3.05) is 12.4 Å². The Hall–Kier alpha value is 0.180. The first kappa shape index (κ1) is 9.18. The molecule has 1 unspecified atom stereocenters. The van der Waals surface area contributed by atoms with Crippen LogP contribution in [0.3, 0.4) is 0 Å². The molecule has 1 atom stereocenters. The van der Waals surface area contributed by atoms with Crippen molar-refractivity contribution in [1.29, 1.82) is 0 Å². The molecule has 0 radical (unpaired) electrons. The van der Waals surface area contributed by atoms with Gasteiger partial charge in [0, 0.05) is 12.4 Å². The lowest BCUT2D eigenvalue weighted by molar-refractivity contribution is 0.123. The number of alkyl halides is 1. The predicted octanol–water partition coefficient (Wildman–Crippen LogP) is 2.36. The zero-order chi connectivity index (χ0) is 7.28. The van der Waals surface area contributed by atoms with Gasteiger partial charge in [0.1, 0.15) is 0 Å². The first-order valence-electron chi connectivity index (χ1n) is 2.93. The van der Waals surface area contributed by atoms with Crippen LogP contribution in [0, 0.1) is 0 Å². The summed E-state index contributed by atoms with van der Waals surface area (Å²) in [6, 6.07) is 0. The van der Waals surface area contributed by atoms with E-state index in [-0.39, 0.29) is 0 Å². The van der Waals surface area contributed by atoms with Gasteiger partial charge in [-0.3, -0.25) is 0 Å². The molecule has 0 aromatic heterocycles. The zero-order valence-corrected chi connectivity index (χ0v) is 7.57. The molecule has 0 N–H and O–H groups in total. The molecule has 0 rings (SSSR count). The monoisotopic (exact) mass is 192 g/mol. The van der Waals surface area contributed by atoms with E-state index in [9.17, 15) is 0 Å². The Bertz CT molecular complexity index is 86.9. The van der Waals surface area contributed by atoms with Crippen LogP contribution in [0.1, 0.15) is 13.3 Å². The van der Waals surface area contributed by atoms with Crippen LogP contribution >= 0.6 is 15.9 Å². The third kappa shape index (κ3) is 4.67. The zero-order valence-electron chi connectivity index (χ0n) is 5.98. The summed E-state index contributed by atoms with van der Waals surface area (Å²) in [4.78, 5) is 0. The van der Waals surface area contributed by atoms with E-state index in [0.717, 1.165) is 11.8 Å². The van der Waals surface area contributed by atoms with Gasteiger partial charge in [-0.15, -0.1) is 6.58 Å². The molecule has 0 saturated carbocycles. The summed E-state index contributed by atoms with van der Waals surface area (Å²) in [5.41, 5.74) is 1.17. The van der Waals surface area contributed by atoms with Gasteiger partial charge < -0.3 is 4.74 Å². The Balaban J connectivity index is 3.43. The van der Waals surface area contributed by atoms with Crippen LogP contribution in [-0.2, 0) is 4.74 Å². The van der Waals surface area contributed by atoms with Crippen molar-refractivity contribution in [3.8, 4) is 0 Å². The fourth-order valence-electron chi connectivity index (χ4n) is 0.590. The third-order valence-corrected chi connectivity index (χ3v) is 1.80. The highest BCUT2D eigenvalue weighted by molar-refractivity contribution is 9.09. The molecule has 0 amide bonds. The van der Waals surface area contributed by atoms with Crippen molar-refractivity contribution in [3.63, 3.8) is 0 Å². The Kier molecular flexibility index (Phi) is 5.10. The van der Waals surface area contributed by atoms with Crippen LogP contribution in [0.4, 0.5) is 0 Å². The van der Waals surface area contributed by atoms with E-state index >= 15 is 0 Å². The minimum absolute atomic E-state index is 0.294. The van der Waals surface area contributed by atoms with E-state index in [1.165, 1.54) is 5.57 Å². The number of methoxy groups -OCH3 is 1. The molecular weight excluding hydrogens is 180 g/mol. The molecule has 0 spiro atoms. The van der Waals surface area contributed by atoms with E-state index in [2.05, 4.69) is 22.5 Å². The van der Waals surface area contributed by atoms with E-state index in [0.29, 0.717) is 6.10 Å². The van der Waals surface area contributed by atoms with Gasteiger partial charge >= 0.3 is 0 Å². The Labute approximate surface area is 65.2 Å². The molecule has 0 heterocycles. The van der Waals surface area contributed by atoms with Gasteiger partial charge in [0.2, 0.25) is 0 Å². The Morgan fingerprint density at radius 3 is 2.44 bits per heavy atom. The summed E-state index contributed by atoms with van der Waals surface area (Å²) in [5, 5.41) is 0.885. The van der Waals surface area contributed by atoms with E-state index < -0.39 is 0 Å². The maximum absolute atomic E-state index is 5.10. The normalized spacial score (nSPS) is 13.2. The van der Waals surface area contributed by atoms with Crippen molar-refractivity contribution < 1.29 is 4.74 Å². The van der Waals surface area contributed by atoms with Crippen molar-refractivity contribution in [2.24, 2.45) is 0 Å². The van der Waals surface area contributed by atoms with Crippen LogP contribution in [0.5, 0.6) is 0 Å². The van der Waals surface area contributed by atoms with Crippen molar-refractivity contribution in [1.82, 2.24) is 0 Å². The second kappa shape index (κ2) is 5.00. The van der Waals surface area contributed by atoms with Crippen LogP contribution in [-0.4, -0.2) is 18.5 Å². The smallest absolute Gasteiger partial charge is 0.0704 e. The highest BCUT2D eigenvalue weighted by atomic mass is 79.9. The van der Waals surface area contributed by atoms with Crippen LogP contribution in [0.2, 0.25) is 0 Å². The summed E-state index contributed by atoms with van der Waals surface area (Å²) < 4.78 is 5.10. The fourth-order valence-corrected chi connectivity index (χ4v) is 1.08. The summed E-state index contributed by atoms with van der Waals surface area (Å²) in [5.74, 6) is 0. The maximum Gasteiger partial charge on any atom is 0.0704 e. The molecule has 0 aliphatic heterocycles. The largest absolute Gasteiger partial charge is 0.380 e. The van der Waals surface area contributed by atoms with Crippen LogP contribution < -0.4 is 0 Å². The Morgan fingerprint density at radius 1 is 1.78 bits per heavy atom. The SMILES string of the molecule is C=C(C)CC(CBr)OC. The standard InChI is InChI=1S/C7H13BrO/c1-6(2)4-7(5-8)9-3/h7H,1,4-5H2,2-3H3. The molecule has 0 aromatic carbocycles. The summed E-state index contributed by atoms with van der Waals surface area (Å²) >= 11 is 3.34. The molecule has 0 bridgehead atoms. The quantitative estimate of drug-likeness (QED) is 0.492. The van der Waals surface area contributed by atoms with Crippen molar-refractivity contribution in [3.05, 3.63) is 12.2 Å². The van der Waals surface area contributed by atoms with E-state index in [4.69, 9.17) is 4.74 Å². The predicted molar refractivity (Wildman–Crippen MR) is 44.0 cm³/mol. The molecule has 9 heavy (non-hydrogen) atoms. The van der Waals surface area contributed by atoms with Gasteiger partial charge in [0.25, 0.3) is 0 Å². The van der Waals surface area contributed by atoms with Gasteiger partial charge in [0.15, 0.2) is 0 Å². The highest BCUT2D eigenvalue weighted by Crippen LogP contribution is 2.06. The maximum atomic E-state index is 5.10. The van der Waals surface area contributed by atoms with Gasteiger partial charge in [-0.2, -0.15) is 0 Å². The summed E-state index contributed by atoms with van der Waals surface area (Å²) in [7, 11) is 1.72. The number of halogens is 1. The third-order valence-electron chi connectivity index (χ3n) is 1.08. The number of ether oxygens (including phenoxy) is 1. The van der Waals surface area contributed by atoms with Gasteiger partial charge in [0.05, 0.1) is 6.10 Å². The van der Waals surface area contributed by atoms with Gasteiger partial charge in [-0.1, -0.05) is 21.5 Å². The van der Waals surface area contributed by atoms with Gasteiger partial charge in [-0.25, -0.2) is 0 Å². The molecule has 2 heteroatoms. The minimum atomic E-state index is 0.294. The van der Waals surface area contributed by atoms with Crippen LogP contribution in [0.15, 0.2) is 12.2 Å². The second-order valence-corrected chi connectivity index (χ2v) is 2.82. The first-order chi connectivity index (χ1) is 4.20. The molecule has 54 valence electrons. The topological polar surface area (TPSA) is 9.23 Å². The number of hydrogen-bond acceptors (Lipinski definition) is 1. The van der Waals surface area contributed by atoms with Crippen molar-refractivity contribution >= 4 is 15.9 Å². The van der Waals surface area contributed by atoms with E-state index in [1.807, 2.05) is 6.92 Å². The lowest BCUT2D eigenvalue weighted by Gasteiger charge is -2.10. The highest BCUT2D eigenvalue weighted by Gasteiger charge is 2.03. The Morgan fingerprint density at radius 2 is 2.33 bits per heavy atom. The number of hydrogen-bond donors (Lipinski definition) is 0. The summed E-state index contributed by atoms with van der Waals surface area (Å²) in [6.45, 7) is 5.80.